The first-order chi connectivity index (χ1) is 8.13. The summed E-state index contributed by atoms with van der Waals surface area (Å²) in [6.45, 7) is 0.0836. The Hall–Kier alpha value is -1.89. The fraction of sp³-hybridized carbons (Fsp3) is 0.100. The fourth-order valence-electron chi connectivity index (χ4n) is 1.27. The smallest absolute Gasteiger partial charge is 0.246 e. The maximum absolute atomic E-state index is 11.6. The lowest BCUT2D eigenvalue weighted by molar-refractivity contribution is -0.116. The van der Waals surface area contributed by atoms with Gasteiger partial charge in [0.2, 0.25) is 11.9 Å². The van der Waals surface area contributed by atoms with Crippen LogP contribution in [0.15, 0.2) is 35.1 Å². The Morgan fingerprint density at radius 1 is 1.41 bits per heavy atom. The zero-order valence-corrected chi connectivity index (χ0v) is 10.4. The van der Waals surface area contributed by atoms with Crippen molar-refractivity contribution in [2.75, 3.05) is 11.1 Å². The number of anilines is 2. The van der Waals surface area contributed by atoms with E-state index in [1.165, 1.54) is 11.0 Å². The van der Waals surface area contributed by atoms with Crippen LogP contribution < -0.4 is 11.1 Å². The molecule has 2 aromatic rings. The van der Waals surface area contributed by atoms with Gasteiger partial charge < -0.3 is 11.1 Å². The summed E-state index contributed by atoms with van der Waals surface area (Å²) in [6.07, 6.45) is 1.41. The standard InChI is InChI=1S/C10H10BrN5O/c11-7-1-3-8(4-2-7)14-9(17)5-16-6-13-10(12)15-16/h1-4,6H,5H2,(H2,12,15)(H,14,17). The van der Waals surface area contributed by atoms with Crippen molar-refractivity contribution in [3.63, 3.8) is 0 Å². The zero-order chi connectivity index (χ0) is 12.3. The molecule has 0 atom stereocenters. The summed E-state index contributed by atoms with van der Waals surface area (Å²) >= 11 is 3.32. The average molecular weight is 296 g/mol. The van der Waals surface area contributed by atoms with Crippen LogP contribution in [0.5, 0.6) is 0 Å². The Bertz CT molecular complexity index is 522. The van der Waals surface area contributed by atoms with E-state index in [0.29, 0.717) is 0 Å². The summed E-state index contributed by atoms with van der Waals surface area (Å²) in [5.74, 6) is -0.0290. The largest absolute Gasteiger partial charge is 0.367 e. The number of nitrogens with zero attached hydrogens (tertiary/aromatic N) is 3. The van der Waals surface area contributed by atoms with Gasteiger partial charge in [0.1, 0.15) is 12.9 Å². The highest BCUT2D eigenvalue weighted by atomic mass is 79.9. The third kappa shape index (κ3) is 3.28. The second-order valence-corrected chi connectivity index (χ2v) is 4.27. The maximum atomic E-state index is 11.6. The number of rotatable bonds is 3. The minimum absolute atomic E-state index is 0.0836. The van der Waals surface area contributed by atoms with Crippen LogP contribution in [-0.4, -0.2) is 20.7 Å². The van der Waals surface area contributed by atoms with Gasteiger partial charge in [-0.2, -0.15) is 0 Å². The molecule has 0 radical (unpaired) electrons. The molecule has 7 heteroatoms. The molecular formula is C10H10BrN5O. The molecule has 1 amide bonds. The Kier molecular flexibility index (Phi) is 3.38. The highest BCUT2D eigenvalue weighted by molar-refractivity contribution is 9.10. The number of amides is 1. The lowest BCUT2D eigenvalue weighted by atomic mass is 10.3. The van der Waals surface area contributed by atoms with Crippen molar-refractivity contribution in [3.05, 3.63) is 35.1 Å². The van der Waals surface area contributed by atoms with Crippen molar-refractivity contribution in [2.24, 2.45) is 0 Å². The highest BCUT2D eigenvalue weighted by Gasteiger charge is 2.04. The molecule has 2 rings (SSSR count). The van der Waals surface area contributed by atoms with Gasteiger partial charge in [-0.3, -0.25) is 4.79 Å². The molecule has 1 heterocycles. The van der Waals surface area contributed by atoms with E-state index in [1.807, 2.05) is 12.1 Å². The lowest BCUT2D eigenvalue weighted by Gasteiger charge is -2.04. The van der Waals surface area contributed by atoms with Crippen LogP contribution in [0.1, 0.15) is 0 Å². The van der Waals surface area contributed by atoms with Gasteiger partial charge in [0.05, 0.1) is 0 Å². The molecule has 1 aromatic carbocycles. The topological polar surface area (TPSA) is 85.8 Å². The normalized spacial score (nSPS) is 10.2. The number of carbonyl (C=O) groups excluding carboxylic acids is 1. The molecule has 0 bridgehead atoms. The number of nitrogens with two attached hydrogens (primary N) is 1. The van der Waals surface area contributed by atoms with Crippen LogP contribution in [0.4, 0.5) is 11.6 Å². The van der Waals surface area contributed by atoms with E-state index in [2.05, 4.69) is 31.3 Å². The van der Waals surface area contributed by atoms with Gasteiger partial charge >= 0.3 is 0 Å². The molecule has 0 aliphatic heterocycles. The molecule has 0 aliphatic carbocycles. The van der Waals surface area contributed by atoms with Crippen LogP contribution in [0, 0.1) is 0 Å². The number of carbonyl (C=O) groups is 1. The first-order valence-corrected chi connectivity index (χ1v) is 5.63. The number of aromatic nitrogens is 3. The molecular weight excluding hydrogens is 286 g/mol. The monoisotopic (exact) mass is 295 g/mol. The minimum Gasteiger partial charge on any atom is -0.367 e. The van der Waals surface area contributed by atoms with E-state index < -0.39 is 0 Å². The van der Waals surface area contributed by atoms with Crippen LogP contribution in [-0.2, 0) is 11.3 Å². The first kappa shape index (κ1) is 11.6. The summed E-state index contributed by atoms with van der Waals surface area (Å²) in [5.41, 5.74) is 6.07. The van der Waals surface area contributed by atoms with Crippen molar-refractivity contribution in [2.45, 2.75) is 6.54 Å². The Morgan fingerprint density at radius 2 is 2.12 bits per heavy atom. The van der Waals surface area contributed by atoms with E-state index in [9.17, 15) is 4.79 Å². The molecule has 0 spiro atoms. The van der Waals surface area contributed by atoms with Crippen molar-refractivity contribution < 1.29 is 4.79 Å². The van der Waals surface area contributed by atoms with Crippen LogP contribution in [0.3, 0.4) is 0 Å². The summed E-state index contributed by atoms with van der Waals surface area (Å²) in [4.78, 5) is 15.4. The van der Waals surface area contributed by atoms with Gasteiger partial charge in [-0.05, 0) is 24.3 Å². The van der Waals surface area contributed by atoms with Crippen LogP contribution in [0.25, 0.3) is 0 Å². The number of halogens is 1. The molecule has 3 N–H and O–H groups in total. The number of benzene rings is 1. The van der Waals surface area contributed by atoms with Gasteiger partial charge in [0.15, 0.2) is 0 Å². The molecule has 0 fully saturated rings. The molecule has 0 aliphatic rings. The summed E-state index contributed by atoms with van der Waals surface area (Å²) in [6, 6.07) is 7.31. The van der Waals surface area contributed by atoms with Crippen molar-refractivity contribution in [1.29, 1.82) is 0 Å². The van der Waals surface area contributed by atoms with Gasteiger partial charge in [0, 0.05) is 10.2 Å². The van der Waals surface area contributed by atoms with E-state index in [1.54, 1.807) is 12.1 Å². The molecule has 0 saturated heterocycles. The van der Waals surface area contributed by atoms with E-state index in [-0.39, 0.29) is 18.4 Å². The van der Waals surface area contributed by atoms with Crippen LogP contribution in [0.2, 0.25) is 0 Å². The van der Waals surface area contributed by atoms with Crippen molar-refractivity contribution in [1.82, 2.24) is 14.8 Å². The van der Waals surface area contributed by atoms with Crippen molar-refractivity contribution in [3.8, 4) is 0 Å². The molecule has 88 valence electrons. The quantitative estimate of drug-likeness (QED) is 0.893. The van der Waals surface area contributed by atoms with Crippen molar-refractivity contribution >= 4 is 33.5 Å². The first-order valence-electron chi connectivity index (χ1n) is 4.84. The van der Waals surface area contributed by atoms with E-state index in [0.717, 1.165) is 10.2 Å². The van der Waals surface area contributed by atoms with Gasteiger partial charge in [0.25, 0.3) is 0 Å². The molecule has 0 saturated carbocycles. The van der Waals surface area contributed by atoms with Gasteiger partial charge in [-0.25, -0.2) is 9.67 Å². The third-order valence-electron chi connectivity index (χ3n) is 1.99. The average Bonchev–Trinajstić information content (AvgIpc) is 2.67. The predicted octanol–water partition coefficient (Wildman–Crippen LogP) is 1.26. The maximum Gasteiger partial charge on any atom is 0.246 e. The number of nitrogen functional groups attached to an aromatic ring is 1. The summed E-state index contributed by atoms with van der Waals surface area (Å²) < 4.78 is 2.34. The number of hydrogen-bond acceptors (Lipinski definition) is 4. The predicted molar refractivity (Wildman–Crippen MR) is 67.2 cm³/mol. The van der Waals surface area contributed by atoms with Crippen LogP contribution >= 0.6 is 15.9 Å². The fourth-order valence-corrected chi connectivity index (χ4v) is 1.53. The second-order valence-electron chi connectivity index (χ2n) is 3.36. The lowest BCUT2D eigenvalue weighted by Crippen LogP contribution is -2.19. The molecule has 17 heavy (non-hydrogen) atoms. The highest BCUT2D eigenvalue weighted by Crippen LogP contribution is 2.13. The molecule has 1 aromatic heterocycles. The number of hydrogen-bond donors (Lipinski definition) is 2. The van der Waals surface area contributed by atoms with Gasteiger partial charge in [-0.1, -0.05) is 15.9 Å². The van der Waals surface area contributed by atoms with Gasteiger partial charge in [-0.15, -0.1) is 5.10 Å². The number of nitrogens with one attached hydrogen (secondary N) is 1. The molecule has 6 nitrogen and oxygen atoms in total. The van der Waals surface area contributed by atoms with E-state index >= 15 is 0 Å². The zero-order valence-electron chi connectivity index (χ0n) is 8.80. The summed E-state index contributed by atoms with van der Waals surface area (Å²) in [7, 11) is 0. The second kappa shape index (κ2) is 4.96. The van der Waals surface area contributed by atoms with E-state index in [4.69, 9.17) is 5.73 Å². The molecule has 0 unspecified atom stereocenters. The Balaban J connectivity index is 1.95. The third-order valence-corrected chi connectivity index (χ3v) is 2.52. The summed E-state index contributed by atoms with van der Waals surface area (Å²) in [5, 5.41) is 6.56. The minimum atomic E-state index is -0.183. The Labute approximate surface area is 106 Å². The SMILES string of the molecule is Nc1ncn(CC(=O)Nc2ccc(Br)cc2)n1. The Morgan fingerprint density at radius 3 is 2.71 bits per heavy atom.